The second kappa shape index (κ2) is 5.12. The standard InChI is InChI=1S/C10H15ClN2O2S/c1-5(2)7(15)8-9(11)12-10(16-8)13(4)6(3)14/h5,7,15H,1-4H3. The van der Waals surface area contributed by atoms with E-state index in [-0.39, 0.29) is 17.0 Å². The molecule has 0 fully saturated rings. The number of thiazole rings is 1. The number of hydrogen-bond acceptors (Lipinski definition) is 4. The number of aromatic nitrogens is 1. The van der Waals surface area contributed by atoms with Gasteiger partial charge in [-0.2, -0.15) is 0 Å². The summed E-state index contributed by atoms with van der Waals surface area (Å²) in [7, 11) is 1.63. The normalized spacial score (nSPS) is 12.9. The van der Waals surface area contributed by atoms with Crippen LogP contribution in [0.1, 0.15) is 31.8 Å². The number of carbonyl (C=O) groups excluding carboxylic acids is 1. The Kier molecular flexibility index (Phi) is 4.29. The van der Waals surface area contributed by atoms with Crippen LogP contribution in [0.15, 0.2) is 0 Å². The molecular formula is C10H15ClN2O2S. The molecule has 0 aliphatic heterocycles. The van der Waals surface area contributed by atoms with E-state index in [0.29, 0.717) is 10.0 Å². The van der Waals surface area contributed by atoms with E-state index in [1.807, 2.05) is 13.8 Å². The monoisotopic (exact) mass is 262 g/mol. The van der Waals surface area contributed by atoms with Crippen molar-refractivity contribution in [2.24, 2.45) is 5.92 Å². The largest absolute Gasteiger partial charge is 0.387 e. The Bertz CT molecular complexity index is 392. The first-order chi connectivity index (χ1) is 7.34. The van der Waals surface area contributed by atoms with Crippen molar-refractivity contribution < 1.29 is 9.90 Å². The Balaban J connectivity index is 3.02. The van der Waals surface area contributed by atoms with Crippen LogP contribution in [-0.2, 0) is 4.79 Å². The fourth-order valence-electron chi connectivity index (χ4n) is 1.07. The van der Waals surface area contributed by atoms with Crippen molar-refractivity contribution in [1.82, 2.24) is 4.98 Å². The average molecular weight is 263 g/mol. The van der Waals surface area contributed by atoms with Crippen LogP contribution >= 0.6 is 22.9 Å². The maximum absolute atomic E-state index is 11.2. The molecule has 0 bridgehead atoms. The van der Waals surface area contributed by atoms with Crippen molar-refractivity contribution >= 4 is 34.0 Å². The van der Waals surface area contributed by atoms with Crippen molar-refractivity contribution in [1.29, 1.82) is 0 Å². The Morgan fingerprint density at radius 3 is 2.56 bits per heavy atom. The molecule has 1 atom stereocenters. The minimum atomic E-state index is -0.640. The fourth-order valence-corrected chi connectivity index (χ4v) is 2.55. The van der Waals surface area contributed by atoms with Gasteiger partial charge >= 0.3 is 0 Å². The van der Waals surface area contributed by atoms with Crippen LogP contribution in [0, 0.1) is 5.92 Å². The molecule has 1 amide bonds. The van der Waals surface area contributed by atoms with Crippen molar-refractivity contribution in [3.8, 4) is 0 Å². The van der Waals surface area contributed by atoms with Crippen LogP contribution in [0.25, 0.3) is 0 Å². The summed E-state index contributed by atoms with van der Waals surface area (Å²) in [6.45, 7) is 5.25. The van der Waals surface area contributed by atoms with Gasteiger partial charge in [-0.25, -0.2) is 4.98 Å². The van der Waals surface area contributed by atoms with E-state index in [2.05, 4.69) is 4.98 Å². The highest BCUT2D eigenvalue weighted by Crippen LogP contribution is 2.36. The van der Waals surface area contributed by atoms with Gasteiger partial charge in [0.15, 0.2) is 5.13 Å². The summed E-state index contributed by atoms with van der Waals surface area (Å²) >= 11 is 7.18. The van der Waals surface area contributed by atoms with Gasteiger partial charge in [0.25, 0.3) is 0 Å². The molecule has 0 saturated heterocycles. The number of carbonyl (C=O) groups is 1. The van der Waals surface area contributed by atoms with E-state index in [4.69, 9.17) is 11.6 Å². The predicted octanol–water partition coefficient (Wildman–Crippen LogP) is 2.47. The van der Waals surface area contributed by atoms with Crippen LogP contribution in [-0.4, -0.2) is 23.0 Å². The molecule has 1 N–H and O–H groups in total. The zero-order valence-electron chi connectivity index (χ0n) is 9.69. The lowest BCUT2D eigenvalue weighted by atomic mass is 10.1. The third-order valence-electron chi connectivity index (χ3n) is 2.26. The van der Waals surface area contributed by atoms with Crippen molar-refractivity contribution in [3.63, 3.8) is 0 Å². The van der Waals surface area contributed by atoms with Gasteiger partial charge in [-0.1, -0.05) is 36.8 Å². The molecule has 0 aromatic carbocycles. The van der Waals surface area contributed by atoms with Gasteiger partial charge in [0.1, 0.15) is 5.15 Å². The van der Waals surface area contributed by atoms with E-state index < -0.39 is 6.10 Å². The molecule has 90 valence electrons. The number of aliphatic hydroxyl groups is 1. The number of rotatable bonds is 3. The van der Waals surface area contributed by atoms with Gasteiger partial charge in [-0.05, 0) is 5.92 Å². The quantitative estimate of drug-likeness (QED) is 0.911. The Labute approximate surface area is 104 Å². The van der Waals surface area contributed by atoms with Gasteiger partial charge in [-0.3, -0.25) is 9.69 Å². The van der Waals surface area contributed by atoms with Crippen molar-refractivity contribution in [2.45, 2.75) is 26.9 Å². The Morgan fingerprint density at radius 2 is 2.12 bits per heavy atom. The zero-order chi connectivity index (χ0) is 12.5. The van der Waals surface area contributed by atoms with Gasteiger partial charge in [0.2, 0.25) is 5.91 Å². The summed E-state index contributed by atoms with van der Waals surface area (Å²) in [5.74, 6) is -0.0514. The Morgan fingerprint density at radius 1 is 1.56 bits per heavy atom. The predicted molar refractivity (Wildman–Crippen MR) is 66.0 cm³/mol. The number of hydrogen-bond donors (Lipinski definition) is 1. The number of amides is 1. The highest BCUT2D eigenvalue weighted by molar-refractivity contribution is 7.16. The third-order valence-corrected chi connectivity index (χ3v) is 3.86. The first-order valence-corrected chi connectivity index (χ1v) is 6.12. The fraction of sp³-hybridized carbons (Fsp3) is 0.600. The number of aliphatic hydroxyl groups excluding tert-OH is 1. The maximum atomic E-state index is 11.2. The molecule has 1 unspecified atom stereocenters. The van der Waals surface area contributed by atoms with E-state index in [1.165, 1.54) is 23.2 Å². The minimum Gasteiger partial charge on any atom is -0.387 e. The van der Waals surface area contributed by atoms with Gasteiger partial charge in [-0.15, -0.1) is 0 Å². The zero-order valence-corrected chi connectivity index (χ0v) is 11.3. The number of anilines is 1. The summed E-state index contributed by atoms with van der Waals surface area (Å²) in [5.41, 5.74) is 0. The molecule has 0 radical (unpaired) electrons. The molecule has 16 heavy (non-hydrogen) atoms. The second-order valence-corrected chi connectivity index (χ2v) is 5.29. The molecule has 4 nitrogen and oxygen atoms in total. The first-order valence-electron chi connectivity index (χ1n) is 4.93. The van der Waals surface area contributed by atoms with Crippen LogP contribution in [0.3, 0.4) is 0 Å². The van der Waals surface area contributed by atoms with E-state index in [1.54, 1.807) is 7.05 Å². The van der Waals surface area contributed by atoms with Gasteiger partial charge < -0.3 is 5.11 Å². The van der Waals surface area contributed by atoms with E-state index >= 15 is 0 Å². The lowest BCUT2D eigenvalue weighted by Crippen LogP contribution is -2.22. The summed E-state index contributed by atoms with van der Waals surface area (Å²) in [4.78, 5) is 17.2. The average Bonchev–Trinajstić information content (AvgIpc) is 2.57. The maximum Gasteiger partial charge on any atom is 0.225 e. The summed E-state index contributed by atoms with van der Waals surface area (Å²) < 4.78 is 0. The Hall–Kier alpha value is -0.650. The SMILES string of the molecule is CC(=O)N(C)c1nc(Cl)c(C(O)C(C)C)s1. The van der Waals surface area contributed by atoms with Crippen molar-refractivity contribution in [3.05, 3.63) is 10.0 Å². The molecule has 1 aromatic heterocycles. The molecule has 1 heterocycles. The smallest absolute Gasteiger partial charge is 0.225 e. The highest BCUT2D eigenvalue weighted by atomic mass is 35.5. The van der Waals surface area contributed by atoms with E-state index in [0.717, 1.165) is 0 Å². The lowest BCUT2D eigenvalue weighted by molar-refractivity contribution is -0.116. The molecular weight excluding hydrogens is 248 g/mol. The van der Waals surface area contributed by atoms with Crippen LogP contribution < -0.4 is 4.90 Å². The topological polar surface area (TPSA) is 53.4 Å². The highest BCUT2D eigenvalue weighted by Gasteiger charge is 2.22. The van der Waals surface area contributed by atoms with Crippen LogP contribution in [0.2, 0.25) is 5.15 Å². The third kappa shape index (κ3) is 2.72. The number of nitrogens with zero attached hydrogens (tertiary/aromatic N) is 2. The first kappa shape index (κ1) is 13.4. The van der Waals surface area contributed by atoms with E-state index in [9.17, 15) is 9.90 Å². The van der Waals surface area contributed by atoms with Crippen molar-refractivity contribution in [2.75, 3.05) is 11.9 Å². The molecule has 0 aliphatic rings. The molecule has 0 saturated carbocycles. The minimum absolute atomic E-state index is 0.0634. The molecule has 0 aliphatic carbocycles. The van der Waals surface area contributed by atoms with Crippen LogP contribution in [0.5, 0.6) is 0 Å². The van der Waals surface area contributed by atoms with Gasteiger partial charge in [0, 0.05) is 14.0 Å². The van der Waals surface area contributed by atoms with Crippen LogP contribution in [0.4, 0.5) is 5.13 Å². The summed E-state index contributed by atoms with van der Waals surface area (Å²) in [5, 5.41) is 10.7. The molecule has 1 aromatic rings. The summed E-state index contributed by atoms with van der Waals surface area (Å²) in [6, 6.07) is 0. The van der Waals surface area contributed by atoms with Gasteiger partial charge in [0.05, 0.1) is 11.0 Å². The molecule has 0 spiro atoms. The second-order valence-electron chi connectivity index (χ2n) is 3.92. The number of halogens is 1. The molecule has 1 rings (SSSR count). The lowest BCUT2D eigenvalue weighted by Gasteiger charge is -2.12. The molecule has 6 heteroatoms. The summed E-state index contributed by atoms with van der Waals surface area (Å²) in [6.07, 6.45) is -0.640.